The normalized spacial score (nSPS) is 10.7. The zero-order valence-electron chi connectivity index (χ0n) is 16.2. The van der Waals surface area contributed by atoms with E-state index in [1.807, 2.05) is 13.8 Å². The Morgan fingerprint density at radius 1 is 1.30 bits per heavy atom. The third-order valence-corrected chi connectivity index (χ3v) is 5.36. The predicted octanol–water partition coefficient (Wildman–Crippen LogP) is 5.65. The van der Waals surface area contributed by atoms with Gasteiger partial charge < -0.3 is 10.1 Å². The van der Waals surface area contributed by atoms with Crippen molar-refractivity contribution in [3.63, 3.8) is 0 Å². The number of hydrogen-bond donors (Lipinski definition) is 1. The number of hydrogen-bond acceptors (Lipinski definition) is 5. The summed E-state index contributed by atoms with van der Waals surface area (Å²) >= 11 is 9.33. The van der Waals surface area contributed by atoms with Gasteiger partial charge in [0, 0.05) is 29.3 Å². The SMILES string of the molecule is Cc1cc(Cl)ccc1Oc1cc(NC(=O)CCn2ncc(Br)c2C)cc([N+](=O)[O-])c1. The molecule has 0 aliphatic rings. The second-order valence-electron chi connectivity index (χ2n) is 6.58. The third-order valence-electron chi connectivity index (χ3n) is 4.34. The van der Waals surface area contributed by atoms with Crippen molar-refractivity contribution >= 4 is 44.8 Å². The molecule has 10 heteroatoms. The fraction of sp³-hybridized carbons (Fsp3) is 0.200. The molecule has 0 unspecified atom stereocenters. The van der Waals surface area contributed by atoms with Crippen molar-refractivity contribution in [3.8, 4) is 11.5 Å². The monoisotopic (exact) mass is 492 g/mol. The lowest BCUT2D eigenvalue weighted by Gasteiger charge is -2.11. The van der Waals surface area contributed by atoms with Crippen molar-refractivity contribution in [2.24, 2.45) is 0 Å². The van der Waals surface area contributed by atoms with Gasteiger partial charge in [-0.3, -0.25) is 19.6 Å². The second kappa shape index (κ2) is 9.27. The first-order valence-corrected chi connectivity index (χ1v) is 10.1. The van der Waals surface area contributed by atoms with Crippen molar-refractivity contribution < 1.29 is 14.5 Å². The van der Waals surface area contributed by atoms with E-state index in [2.05, 4.69) is 26.3 Å². The average molecular weight is 494 g/mol. The highest BCUT2D eigenvalue weighted by Gasteiger charge is 2.14. The van der Waals surface area contributed by atoms with Crippen LogP contribution >= 0.6 is 27.5 Å². The summed E-state index contributed by atoms with van der Waals surface area (Å²) in [6.45, 7) is 4.08. The third kappa shape index (κ3) is 5.37. The van der Waals surface area contributed by atoms with E-state index in [9.17, 15) is 14.9 Å². The van der Waals surface area contributed by atoms with E-state index < -0.39 is 4.92 Å². The van der Waals surface area contributed by atoms with Crippen LogP contribution in [-0.2, 0) is 11.3 Å². The minimum Gasteiger partial charge on any atom is -0.457 e. The second-order valence-corrected chi connectivity index (χ2v) is 7.87. The minimum absolute atomic E-state index is 0.157. The van der Waals surface area contributed by atoms with E-state index in [0.29, 0.717) is 17.3 Å². The van der Waals surface area contributed by atoms with E-state index in [1.54, 1.807) is 29.1 Å². The molecular weight excluding hydrogens is 476 g/mol. The maximum absolute atomic E-state index is 12.4. The number of aromatic nitrogens is 2. The summed E-state index contributed by atoms with van der Waals surface area (Å²) < 4.78 is 8.36. The van der Waals surface area contributed by atoms with Crippen molar-refractivity contribution in [2.75, 3.05) is 5.32 Å². The van der Waals surface area contributed by atoms with Crippen molar-refractivity contribution in [2.45, 2.75) is 26.8 Å². The minimum atomic E-state index is -0.540. The summed E-state index contributed by atoms with van der Waals surface area (Å²) in [4.78, 5) is 23.1. The standard InChI is InChI=1S/C20H18BrClN4O4/c1-12-7-14(22)3-4-19(12)30-17-9-15(8-16(10-17)26(28)29)24-20(27)5-6-25-13(2)18(21)11-23-25/h3-4,7-11H,5-6H2,1-2H3,(H,24,27). The first-order chi connectivity index (χ1) is 14.2. The largest absolute Gasteiger partial charge is 0.457 e. The highest BCUT2D eigenvalue weighted by Crippen LogP contribution is 2.32. The van der Waals surface area contributed by atoms with Gasteiger partial charge >= 0.3 is 0 Å². The van der Waals surface area contributed by atoms with Crippen molar-refractivity contribution in [1.29, 1.82) is 0 Å². The molecule has 2 aromatic carbocycles. The molecule has 8 nitrogen and oxygen atoms in total. The molecule has 30 heavy (non-hydrogen) atoms. The van der Waals surface area contributed by atoms with E-state index >= 15 is 0 Å². The number of aryl methyl sites for hydroxylation is 2. The smallest absolute Gasteiger partial charge is 0.275 e. The van der Waals surface area contributed by atoms with Gasteiger partial charge in [-0.05, 0) is 53.5 Å². The summed E-state index contributed by atoms with van der Waals surface area (Å²) in [6, 6.07) is 9.20. The van der Waals surface area contributed by atoms with E-state index in [-0.39, 0.29) is 29.5 Å². The van der Waals surface area contributed by atoms with Crippen LogP contribution in [0.25, 0.3) is 0 Å². The Labute approximate surface area is 186 Å². The highest BCUT2D eigenvalue weighted by atomic mass is 79.9. The molecule has 0 atom stereocenters. The zero-order valence-corrected chi connectivity index (χ0v) is 18.5. The van der Waals surface area contributed by atoms with Gasteiger partial charge in [0.2, 0.25) is 5.91 Å². The Morgan fingerprint density at radius 2 is 2.07 bits per heavy atom. The Balaban J connectivity index is 1.75. The summed E-state index contributed by atoms with van der Waals surface area (Å²) in [5, 5.41) is 18.7. The fourth-order valence-corrected chi connectivity index (χ4v) is 3.28. The summed E-state index contributed by atoms with van der Waals surface area (Å²) in [5.74, 6) is 0.448. The number of nitrogens with zero attached hydrogens (tertiary/aromatic N) is 3. The van der Waals surface area contributed by atoms with Crippen LogP contribution in [0.4, 0.5) is 11.4 Å². The molecule has 0 aliphatic carbocycles. The number of nitrogens with one attached hydrogen (secondary N) is 1. The van der Waals surface area contributed by atoms with E-state index in [1.165, 1.54) is 18.2 Å². The molecule has 3 rings (SSSR count). The molecule has 1 amide bonds. The molecule has 3 aromatic rings. The Bertz CT molecular complexity index is 1120. The lowest BCUT2D eigenvalue weighted by Crippen LogP contribution is -2.15. The number of nitro benzene ring substituents is 1. The molecule has 0 saturated heterocycles. The van der Waals surface area contributed by atoms with Gasteiger partial charge in [0.1, 0.15) is 11.5 Å². The van der Waals surface area contributed by atoms with Gasteiger partial charge in [0.15, 0.2) is 0 Å². The lowest BCUT2D eigenvalue weighted by atomic mass is 10.2. The number of anilines is 1. The Kier molecular flexibility index (Phi) is 6.73. The Morgan fingerprint density at radius 3 is 2.70 bits per heavy atom. The van der Waals surface area contributed by atoms with Crippen LogP contribution < -0.4 is 10.1 Å². The van der Waals surface area contributed by atoms with Gasteiger partial charge in [-0.2, -0.15) is 5.10 Å². The number of carbonyl (C=O) groups is 1. The topological polar surface area (TPSA) is 99.3 Å². The number of amides is 1. The van der Waals surface area contributed by atoms with Crippen LogP contribution in [0.15, 0.2) is 47.1 Å². The molecule has 0 aliphatic heterocycles. The lowest BCUT2D eigenvalue weighted by molar-refractivity contribution is -0.384. The molecule has 0 radical (unpaired) electrons. The molecule has 0 bridgehead atoms. The van der Waals surface area contributed by atoms with Crippen LogP contribution in [0.5, 0.6) is 11.5 Å². The highest BCUT2D eigenvalue weighted by molar-refractivity contribution is 9.10. The maximum Gasteiger partial charge on any atom is 0.275 e. The number of halogens is 2. The van der Waals surface area contributed by atoms with Crippen LogP contribution in [0.1, 0.15) is 17.7 Å². The van der Waals surface area contributed by atoms with Crippen LogP contribution in [0, 0.1) is 24.0 Å². The number of non-ortho nitro benzene ring substituents is 1. The van der Waals surface area contributed by atoms with Crippen LogP contribution in [0.3, 0.4) is 0 Å². The molecule has 0 spiro atoms. The quantitative estimate of drug-likeness (QED) is 0.339. The number of rotatable bonds is 7. The van der Waals surface area contributed by atoms with Gasteiger partial charge in [-0.15, -0.1) is 0 Å². The number of ether oxygens (including phenoxy) is 1. The van der Waals surface area contributed by atoms with Gasteiger partial charge in [-0.1, -0.05) is 11.6 Å². The van der Waals surface area contributed by atoms with E-state index in [0.717, 1.165) is 15.7 Å². The summed E-state index contributed by atoms with van der Waals surface area (Å²) in [7, 11) is 0. The van der Waals surface area contributed by atoms with Gasteiger partial charge in [0.25, 0.3) is 5.69 Å². The molecule has 0 saturated carbocycles. The first kappa shape index (κ1) is 21.8. The van der Waals surface area contributed by atoms with Crippen molar-refractivity contribution in [1.82, 2.24) is 9.78 Å². The maximum atomic E-state index is 12.4. The predicted molar refractivity (Wildman–Crippen MR) is 117 cm³/mol. The van der Waals surface area contributed by atoms with E-state index in [4.69, 9.17) is 16.3 Å². The molecular formula is C20H18BrClN4O4. The molecule has 1 N–H and O–H groups in total. The first-order valence-electron chi connectivity index (χ1n) is 8.94. The molecule has 1 aromatic heterocycles. The molecule has 0 fully saturated rings. The number of benzene rings is 2. The molecule has 156 valence electrons. The number of carbonyl (C=O) groups excluding carboxylic acids is 1. The van der Waals surface area contributed by atoms with Crippen LogP contribution in [-0.4, -0.2) is 20.6 Å². The fourth-order valence-electron chi connectivity index (χ4n) is 2.75. The van der Waals surface area contributed by atoms with Gasteiger partial charge in [0.05, 0.1) is 33.9 Å². The number of nitro groups is 1. The Hall–Kier alpha value is -2.91. The summed E-state index contributed by atoms with van der Waals surface area (Å²) in [5.41, 5.74) is 1.77. The molecule has 1 heterocycles. The zero-order chi connectivity index (χ0) is 21.8. The van der Waals surface area contributed by atoms with Gasteiger partial charge in [-0.25, -0.2) is 0 Å². The average Bonchev–Trinajstić information content (AvgIpc) is 3.00. The van der Waals surface area contributed by atoms with Crippen molar-refractivity contribution in [3.05, 3.63) is 73.5 Å². The summed E-state index contributed by atoms with van der Waals surface area (Å²) in [6.07, 6.45) is 1.82. The van der Waals surface area contributed by atoms with Crippen LogP contribution in [0.2, 0.25) is 5.02 Å².